The molecular formula is C20H26N4O3. The first-order valence-electron chi connectivity index (χ1n) is 9.88. The fourth-order valence-corrected chi connectivity index (χ4v) is 4.51. The first-order valence-corrected chi connectivity index (χ1v) is 9.88. The lowest BCUT2D eigenvalue weighted by Gasteiger charge is -2.38. The van der Waals surface area contributed by atoms with E-state index < -0.39 is 0 Å². The van der Waals surface area contributed by atoms with Crippen LogP contribution in [0, 0.1) is 5.92 Å². The van der Waals surface area contributed by atoms with Crippen LogP contribution in [0.4, 0.5) is 0 Å². The van der Waals surface area contributed by atoms with E-state index in [-0.39, 0.29) is 36.6 Å². The molecule has 1 saturated carbocycles. The molecule has 0 aromatic carbocycles. The van der Waals surface area contributed by atoms with E-state index in [0.29, 0.717) is 32.2 Å². The molecule has 3 heterocycles. The molecule has 1 aromatic rings. The van der Waals surface area contributed by atoms with E-state index in [1.807, 2.05) is 23.1 Å². The molecule has 27 heavy (non-hydrogen) atoms. The zero-order chi connectivity index (χ0) is 18.8. The van der Waals surface area contributed by atoms with Crippen molar-refractivity contribution in [3.05, 3.63) is 30.1 Å². The Morgan fingerprint density at radius 1 is 1.11 bits per heavy atom. The minimum absolute atomic E-state index is 0.0186. The molecule has 2 aliphatic heterocycles. The van der Waals surface area contributed by atoms with E-state index in [9.17, 15) is 14.4 Å². The lowest BCUT2D eigenvalue weighted by molar-refractivity contribution is -0.149. The van der Waals surface area contributed by atoms with E-state index in [1.165, 1.54) is 12.8 Å². The Hall–Kier alpha value is -2.44. The van der Waals surface area contributed by atoms with Crippen molar-refractivity contribution in [1.82, 2.24) is 19.7 Å². The first-order chi connectivity index (χ1) is 13.1. The molecule has 0 N–H and O–H groups in total. The van der Waals surface area contributed by atoms with Gasteiger partial charge in [-0.25, -0.2) is 0 Å². The van der Waals surface area contributed by atoms with Crippen molar-refractivity contribution in [3.8, 4) is 0 Å². The molecule has 1 unspecified atom stereocenters. The molecule has 3 amide bonds. The fraction of sp³-hybridized carbons (Fsp3) is 0.600. The number of carbonyl (C=O) groups is 3. The minimum Gasteiger partial charge on any atom is -0.336 e. The number of hydrogen-bond donors (Lipinski definition) is 0. The summed E-state index contributed by atoms with van der Waals surface area (Å²) in [6, 6.07) is 5.96. The topological polar surface area (TPSA) is 73.8 Å². The van der Waals surface area contributed by atoms with E-state index in [1.54, 1.807) is 16.0 Å². The summed E-state index contributed by atoms with van der Waals surface area (Å²) in [7, 11) is 0. The van der Waals surface area contributed by atoms with E-state index in [2.05, 4.69) is 4.98 Å². The quantitative estimate of drug-likeness (QED) is 0.794. The van der Waals surface area contributed by atoms with Crippen LogP contribution in [-0.2, 0) is 20.9 Å². The first kappa shape index (κ1) is 17.9. The summed E-state index contributed by atoms with van der Waals surface area (Å²) < 4.78 is 0. The third kappa shape index (κ3) is 3.82. The largest absolute Gasteiger partial charge is 0.336 e. The van der Waals surface area contributed by atoms with Crippen LogP contribution in [0.25, 0.3) is 0 Å². The van der Waals surface area contributed by atoms with Gasteiger partial charge < -0.3 is 14.7 Å². The molecule has 3 fully saturated rings. The van der Waals surface area contributed by atoms with Crippen molar-refractivity contribution in [3.63, 3.8) is 0 Å². The maximum Gasteiger partial charge on any atom is 0.242 e. The third-order valence-corrected chi connectivity index (χ3v) is 5.98. The fourth-order valence-electron chi connectivity index (χ4n) is 4.51. The predicted octanol–water partition coefficient (Wildman–Crippen LogP) is 1.04. The lowest BCUT2D eigenvalue weighted by Crippen LogP contribution is -2.56. The number of rotatable bonds is 4. The second kappa shape index (κ2) is 7.66. The number of piperazine rings is 1. The Morgan fingerprint density at radius 2 is 1.93 bits per heavy atom. The number of nitrogens with zero attached hydrogens (tertiary/aromatic N) is 4. The molecular weight excluding hydrogens is 344 g/mol. The average Bonchev–Trinajstić information content (AvgIpc) is 3.32. The van der Waals surface area contributed by atoms with Crippen LogP contribution in [-0.4, -0.2) is 69.6 Å². The zero-order valence-corrected chi connectivity index (χ0v) is 15.5. The van der Waals surface area contributed by atoms with Gasteiger partial charge in [-0.15, -0.1) is 0 Å². The monoisotopic (exact) mass is 370 g/mol. The van der Waals surface area contributed by atoms with Gasteiger partial charge in [0.15, 0.2) is 0 Å². The maximum atomic E-state index is 12.9. The molecule has 7 nitrogen and oxygen atoms in total. The number of amides is 3. The van der Waals surface area contributed by atoms with Gasteiger partial charge in [-0.1, -0.05) is 18.9 Å². The molecule has 4 rings (SSSR count). The second-order valence-electron chi connectivity index (χ2n) is 7.78. The minimum atomic E-state index is -0.355. The normalized spacial score (nSPS) is 24.1. The highest BCUT2D eigenvalue weighted by Gasteiger charge is 2.39. The van der Waals surface area contributed by atoms with Crippen LogP contribution in [0.2, 0.25) is 0 Å². The van der Waals surface area contributed by atoms with Gasteiger partial charge >= 0.3 is 0 Å². The van der Waals surface area contributed by atoms with Gasteiger partial charge in [-0.3, -0.25) is 19.4 Å². The molecule has 0 radical (unpaired) electrons. The predicted molar refractivity (Wildman–Crippen MR) is 98.3 cm³/mol. The summed E-state index contributed by atoms with van der Waals surface area (Å²) in [5.74, 6) is -0.385. The SMILES string of the molecule is O=C1CC(C(=O)N2CCN(C3CCCC3)C(=O)C2)CN1Cc1ccccn1. The van der Waals surface area contributed by atoms with E-state index >= 15 is 0 Å². The highest BCUT2D eigenvalue weighted by atomic mass is 16.2. The van der Waals surface area contributed by atoms with Crippen LogP contribution < -0.4 is 0 Å². The molecule has 7 heteroatoms. The summed E-state index contributed by atoms with van der Waals surface area (Å²) >= 11 is 0. The van der Waals surface area contributed by atoms with Gasteiger partial charge in [-0.05, 0) is 25.0 Å². The van der Waals surface area contributed by atoms with Gasteiger partial charge in [0.05, 0.1) is 24.7 Å². The molecule has 144 valence electrons. The summed E-state index contributed by atoms with van der Waals surface area (Å²) in [6.07, 6.45) is 6.47. The molecule has 0 spiro atoms. The van der Waals surface area contributed by atoms with Gasteiger partial charge in [-0.2, -0.15) is 0 Å². The van der Waals surface area contributed by atoms with Crippen LogP contribution in [0.5, 0.6) is 0 Å². The summed E-state index contributed by atoms with van der Waals surface area (Å²) in [5, 5.41) is 0. The number of hydrogen-bond acceptors (Lipinski definition) is 4. The van der Waals surface area contributed by atoms with Crippen molar-refractivity contribution in [2.24, 2.45) is 5.92 Å². The maximum absolute atomic E-state index is 12.9. The molecule has 1 aliphatic carbocycles. The Labute approximate surface area is 159 Å². The summed E-state index contributed by atoms with van der Waals surface area (Å²) in [6.45, 7) is 2.18. The van der Waals surface area contributed by atoms with Gasteiger partial charge in [0.25, 0.3) is 0 Å². The highest BCUT2D eigenvalue weighted by Crippen LogP contribution is 2.26. The van der Waals surface area contributed by atoms with Crippen LogP contribution in [0.3, 0.4) is 0 Å². The summed E-state index contributed by atoms with van der Waals surface area (Å²) in [4.78, 5) is 47.3. The number of aromatic nitrogens is 1. The third-order valence-electron chi connectivity index (χ3n) is 5.98. The van der Waals surface area contributed by atoms with Crippen molar-refractivity contribution in [2.45, 2.75) is 44.7 Å². The number of pyridine rings is 1. The van der Waals surface area contributed by atoms with Crippen LogP contribution in [0.15, 0.2) is 24.4 Å². The Kier molecular flexibility index (Phi) is 5.09. The molecule has 1 aromatic heterocycles. The van der Waals surface area contributed by atoms with Crippen molar-refractivity contribution >= 4 is 17.7 Å². The highest BCUT2D eigenvalue weighted by molar-refractivity contribution is 5.92. The standard InChI is InChI=1S/C20H26N4O3/c25-18-11-15(12-23(18)13-16-5-3-4-8-21-16)20(27)22-9-10-24(19(26)14-22)17-6-1-2-7-17/h3-5,8,15,17H,1-2,6-7,9-14H2. The van der Waals surface area contributed by atoms with Crippen molar-refractivity contribution in [2.75, 3.05) is 26.2 Å². The number of carbonyl (C=O) groups excluding carboxylic acids is 3. The van der Waals surface area contributed by atoms with Gasteiger partial charge in [0.2, 0.25) is 17.7 Å². The molecule has 2 saturated heterocycles. The molecule has 0 bridgehead atoms. The Bertz CT molecular complexity index is 717. The Balaban J connectivity index is 1.33. The lowest BCUT2D eigenvalue weighted by atomic mass is 10.1. The van der Waals surface area contributed by atoms with Gasteiger partial charge in [0, 0.05) is 38.3 Å². The van der Waals surface area contributed by atoms with Gasteiger partial charge in [0.1, 0.15) is 0 Å². The van der Waals surface area contributed by atoms with E-state index in [0.717, 1.165) is 18.5 Å². The molecule has 3 aliphatic rings. The van der Waals surface area contributed by atoms with Crippen molar-refractivity contribution in [1.29, 1.82) is 0 Å². The second-order valence-corrected chi connectivity index (χ2v) is 7.78. The summed E-state index contributed by atoms with van der Waals surface area (Å²) in [5.41, 5.74) is 0.819. The van der Waals surface area contributed by atoms with Crippen molar-refractivity contribution < 1.29 is 14.4 Å². The smallest absolute Gasteiger partial charge is 0.242 e. The Morgan fingerprint density at radius 3 is 2.63 bits per heavy atom. The van der Waals surface area contributed by atoms with E-state index in [4.69, 9.17) is 0 Å². The van der Waals surface area contributed by atoms with Crippen LogP contribution in [0.1, 0.15) is 37.8 Å². The zero-order valence-electron chi connectivity index (χ0n) is 15.5. The van der Waals surface area contributed by atoms with Crippen LogP contribution >= 0.6 is 0 Å². The average molecular weight is 370 g/mol. The number of likely N-dealkylation sites (tertiary alicyclic amines) is 1. The molecule has 1 atom stereocenters.